The minimum absolute atomic E-state index is 0.127. The van der Waals surface area contributed by atoms with E-state index in [0.29, 0.717) is 10.7 Å². The molecule has 1 N–H and O–H groups in total. The molecule has 0 aromatic heterocycles. The highest BCUT2D eigenvalue weighted by molar-refractivity contribution is 7.92. The summed E-state index contributed by atoms with van der Waals surface area (Å²) in [5, 5.41) is 3.57. The monoisotopic (exact) mass is 386 g/mol. The van der Waals surface area contributed by atoms with Crippen LogP contribution in [0.4, 0.5) is 5.69 Å². The standard InChI is InChI=1S/C18H27ClN2O3S/c1-14(18(22)20-16-8-6-4-3-5-7-9-16)21(25(2,23)24)17-12-10-15(19)11-13-17/h10-14,16H,3-9H2,1-2H3,(H,20,22)/t14-/m1/s1. The van der Waals surface area contributed by atoms with E-state index in [-0.39, 0.29) is 11.9 Å². The van der Waals surface area contributed by atoms with Crippen LogP contribution in [-0.2, 0) is 14.8 Å². The predicted molar refractivity (Wildman–Crippen MR) is 102 cm³/mol. The average Bonchev–Trinajstić information content (AvgIpc) is 2.50. The number of nitrogens with zero attached hydrogens (tertiary/aromatic N) is 1. The van der Waals surface area contributed by atoms with Gasteiger partial charge in [-0.15, -0.1) is 0 Å². The SMILES string of the molecule is C[C@H](C(=O)NC1CCCCCCC1)N(c1ccc(Cl)cc1)S(C)(=O)=O. The minimum Gasteiger partial charge on any atom is -0.352 e. The molecular formula is C18H27ClN2O3S. The number of sulfonamides is 1. The molecular weight excluding hydrogens is 360 g/mol. The molecule has 0 bridgehead atoms. The van der Waals surface area contributed by atoms with Crippen LogP contribution in [-0.4, -0.2) is 32.7 Å². The van der Waals surface area contributed by atoms with Crippen molar-refractivity contribution in [2.75, 3.05) is 10.6 Å². The smallest absolute Gasteiger partial charge is 0.243 e. The van der Waals surface area contributed by atoms with Gasteiger partial charge in [-0.2, -0.15) is 0 Å². The Morgan fingerprint density at radius 2 is 1.64 bits per heavy atom. The van der Waals surface area contributed by atoms with Crippen LogP contribution in [0.1, 0.15) is 51.9 Å². The number of amides is 1. The second kappa shape index (κ2) is 8.90. The van der Waals surface area contributed by atoms with Gasteiger partial charge in [-0.05, 0) is 44.0 Å². The molecule has 1 saturated carbocycles. The van der Waals surface area contributed by atoms with Crippen LogP contribution in [0.2, 0.25) is 5.02 Å². The van der Waals surface area contributed by atoms with E-state index < -0.39 is 16.1 Å². The number of halogens is 1. The molecule has 1 fully saturated rings. The Morgan fingerprint density at radius 1 is 1.12 bits per heavy atom. The van der Waals surface area contributed by atoms with E-state index in [0.717, 1.165) is 36.2 Å². The molecule has 5 nitrogen and oxygen atoms in total. The van der Waals surface area contributed by atoms with Crippen LogP contribution in [0.5, 0.6) is 0 Å². The van der Waals surface area contributed by atoms with Crippen molar-refractivity contribution in [3.05, 3.63) is 29.3 Å². The third-order valence-corrected chi connectivity index (χ3v) is 6.11. The molecule has 1 aromatic carbocycles. The van der Waals surface area contributed by atoms with Crippen molar-refractivity contribution in [2.45, 2.75) is 64.0 Å². The molecule has 2 rings (SSSR count). The van der Waals surface area contributed by atoms with Crippen LogP contribution in [0.25, 0.3) is 0 Å². The number of hydrogen-bond acceptors (Lipinski definition) is 3. The number of benzene rings is 1. The average molecular weight is 387 g/mol. The Labute approximate surface area is 155 Å². The summed E-state index contributed by atoms with van der Waals surface area (Å²) in [6, 6.07) is 5.78. The Balaban J connectivity index is 2.13. The van der Waals surface area contributed by atoms with Crippen molar-refractivity contribution in [3.63, 3.8) is 0 Å². The second-order valence-electron chi connectivity index (χ2n) is 6.76. The predicted octanol–water partition coefficient (Wildman–Crippen LogP) is 3.72. The van der Waals surface area contributed by atoms with Crippen LogP contribution >= 0.6 is 11.6 Å². The largest absolute Gasteiger partial charge is 0.352 e. The van der Waals surface area contributed by atoms with Gasteiger partial charge in [0, 0.05) is 11.1 Å². The van der Waals surface area contributed by atoms with Gasteiger partial charge in [-0.25, -0.2) is 8.42 Å². The quantitative estimate of drug-likeness (QED) is 0.838. The van der Waals surface area contributed by atoms with Gasteiger partial charge in [0.2, 0.25) is 15.9 Å². The highest BCUT2D eigenvalue weighted by atomic mass is 35.5. The van der Waals surface area contributed by atoms with E-state index in [1.807, 2.05) is 0 Å². The van der Waals surface area contributed by atoms with Gasteiger partial charge in [0.1, 0.15) is 6.04 Å². The molecule has 1 aliphatic carbocycles. The molecule has 7 heteroatoms. The molecule has 25 heavy (non-hydrogen) atoms. The van der Waals surface area contributed by atoms with Gasteiger partial charge >= 0.3 is 0 Å². The normalized spacial score (nSPS) is 18.0. The molecule has 140 valence electrons. The topological polar surface area (TPSA) is 66.5 Å². The Bertz CT molecular complexity index is 668. The van der Waals surface area contributed by atoms with Gasteiger partial charge in [-0.3, -0.25) is 9.10 Å². The van der Waals surface area contributed by atoms with Crippen molar-refractivity contribution in [3.8, 4) is 0 Å². The molecule has 1 aliphatic rings. The third kappa shape index (κ3) is 5.89. The van der Waals surface area contributed by atoms with Crippen LogP contribution < -0.4 is 9.62 Å². The summed E-state index contributed by atoms with van der Waals surface area (Å²) in [6.07, 6.45) is 8.89. The molecule has 1 amide bonds. The highest BCUT2D eigenvalue weighted by Gasteiger charge is 2.30. The first-order valence-corrected chi connectivity index (χ1v) is 11.1. The van der Waals surface area contributed by atoms with Gasteiger partial charge in [-0.1, -0.05) is 43.7 Å². The molecule has 0 saturated heterocycles. The number of anilines is 1. The first-order chi connectivity index (χ1) is 11.8. The zero-order valence-electron chi connectivity index (χ0n) is 14.9. The molecule has 0 radical (unpaired) electrons. The Hall–Kier alpha value is -1.27. The van der Waals surface area contributed by atoms with E-state index in [1.54, 1.807) is 31.2 Å². The van der Waals surface area contributed by atoms with Crippen LogP contribution in [0, 0.1) is 0 Å². The molecule has 0 aliphatic heterocycles. The van der Waals surface area contributed by atoms with E-state index in [4.69, 9.17) is 11.6 Å². The van der Waals surface area contributed by atoms with Gasteiger partial charge < -0.3 is 5.32 Å². The Morgan fingerprint density at radius 3 is 2.16 bits per heavy atom. The fourth-order valence-corrected chi connectivity index (χ4v) is 4.62. The lowest BCUT2D eigenvalue weighted by Crippen LogP contribution is -2.50. The van der Waals surface area contributed by atoms with Crippen LogP contribution in [0.3, 0.4) is 0 Å². The van der Waals surface area contributed by atoms with Gasteiger partial charge in [0.25, 0.3) is 0 Å². The summed E-state index contributed by atoms with van der Waals surface area (Å²) in [6.45, 7) is 1.62. The maximum atomic E-state index is 12.7. The molecule has 1 atom stereocenters. The molecule has 0 heterocycles. The van der Waals surface area contributed by atoms with E-state index in [1.165, 1.54) is 19.3 Å². The maximum absolute atomic E-state index is 12.7. The lowest BCUT2D eigenvalue weighted by Gasteiger charge is -2.30. The zero-order valence-corrected chi connectivity index (χ0v) is 16.4. The summed E-state index contributed by atoms with van der Waals surface area (Å²) in [4.78, 5) is 12.7. The van der Waals surface area contributed by atoms with E-state index >= 15 is 0 Å². The summed E-state index contributed by atoms with van der Waals surface area (Å²) in [5.41, 5.74) is 0.437. The van der Waals surface area contributed by atoms with E-state index in [9.17, 15) is 13.2 Å². The highest BCUT2D eigenvalue weighted by Crippen LogP contribution is 2.23. The summed E-state index contributed by atoms with van der Waals surface area (Å²) >= 11 is 5.88. The Kier molecular flexibility index (Phi) is 7.14. The third-order valence-electron chi connectivity index (χ3n) is 4.62. The van der Waals surface area contributed by atoms with Gasteiger partial charge in [0.05, 0.1) is 11.9 Å². The zero-order chi connectivity index (χ0) is 18.4. The lowest BCUT2D eigenvalue weighted by atomic mass is 9.96. The molecule has 0 unspecified atom stereocenters. The van der Waals surface area contributed by atoms with Crippen LogP contribution in [0.15, 0.2) is 24.3 Å². The van der Waals surface area contributed by atoms with Crippen molar-refractivity contribution >= 4 is 33.2 Å². The molecule has 0 spiro atoms. The van der Waals surface area contributed by atoms with Crippen molar-refractivity contribution in [1.29, 1.82) is 0 Å². The summed E-state index contributed by atoms with van der Waals surface area (Å²) < 4.78 is 25.7. The first kappa shape index (κ1) is 20.0. The van der Waals surface area contributed by atoms with Gasteiger partial charge in [0.15, 0.2) is 0 Å². The first-order valence-electron chi connectivity index (χ1n) is 8.84. The summed E-state index contributed by atoms with van der Waals surface area (Å²) in [7, 11) is -3.60. The van der Waals surface area contributed by atoms with Crippen molar-refractivity contribution < 1.29 is 13.2 Å². The fourth-order valence-electron chi connectivity index (χ4n) is 3.32. The van der Waals surface area contributed by atoms with Crippen molar-refractivity contribution in [2.24, 2.45) is 0 Å². The van der Waals surface area contributed by atoms with Crippen molar-refractivity contribution in [1.82, 2.24) is 5.32 Å². The number of rotatable bonds is 5. The number of nitrogens with one attached hydrogen (secondary N) is 1. The lowest BCUT2D eigenvalue weighted by molar-refractivity contribution is -0.122. The maximum Gasteiger partial charge on any atom is 0.243 e. The number of carbonyl (C=O) groups is 1. The minimum atomic E-state index is -3.60. The fraction of sp³-hybridized carbons (Fsp3) is 0.611. The second-order valence-corrected chi connectivity index (χ2v) is 9.06. The van der Waals surface area contributed by atoms with E-state index in [2.05, 4.69) is 5.32 Å². The summed E-state index contributed by atoms with van der Waals surface area (Å²) in [5.74, 6) is -0.258. The number of hydrogen-bond donors (Lipinski definition) is 1. The molecule has 1 aromatic rings. The number of carbonyl (C=O) groups excluding carboxylic acids is 1.